The minimum atomic E-state index is -0.223. The predicted molar refractivity (Wildman–Crippen MR) is 351 cm³/mol. The van der Waals surface area contributed by atoms with Gasteiger partial charge in [-0.2, -0.15) is 0 Å². The second kappa shape index (κ2) is 22.5. The Labute approximate surface area is 517 Å². The molecule has 0 N–H and O–H groups in total. The molecule has 5 aromatic heterocycles. The molecular weight excluding hydrogens is 1230 g/mol. The standard InChI is InChI=1S/C77H60N7.CH3.Ir/c1-48-46-83-72(79-48)67-36-34-56(44-70(67)81-74(83)76(3,4)5)62-21-13-16-24-65(62)59-40-58(41-60(42-59)66-25-17-14-22-63(66)57-35-37-68-71(45-57)82-75(77(6,7)8)84-47-49(2)80-73(68)84)64-23-15-12-20-61(64)53-30-32-54(33-31-53)69-43-55(38-39-78-69)52-28-26-51(27-29-52)50-18-10-9-11-19-50;;/h9-32,34-35,38-47H,1-8H3;1H3;/q-3;-1;. The first-order chi connectivity index (χ1) is 40.7. The molecule has 7 nitrogen and oxygen atoms in total. The van der Waals surface area contributed by atoms with Gasteiger partial charge in [0.15, 0.2) is 0 Å². The van der Waals surface area contributed by atoms with Crippen LogP contribution in [0.5, 0.6) is 0 Å². The van der Waals surface area contributed by atoms with Gasteiger partial charge in [-0.3, -0.25) is 19.9 Å². The average Bonchev–Trinajstić information content (AvgIpc) is 2.51. The summed E-state index contributed by atoms with van der Waals surface area (Å²) in [4.78, 5) is 25.5. The van der Waals surface area contributed by atoms with Gasteiger partial charge in [0, 0.05) is 60.9 Å². The van der Waals surface area contributed by atoms with Crippen LogP contribution >= 0.6 is 0 Å². The van der Waals surface area contributed by atoms with Crippen LogP contribution in [0.3, 0.4) is 0 Å². The molecule has 0 amide bonds. The van der Waals surface area contributed by atoms with Crippen LogP contribution in [0.1, 0.15) is 64.6 Å². The topological polar surface area (TPSA) is 73.3 Å². The van der Waals surface area contributed by atoms with Gasteiger partial charge in [0.2, 0.25) is 0 Å². The summed E-state index contributed by atoms with van der Waals surface area (Å²) in [6, 6.07) is 82.7. The number of hydrogen-bond acceptors (Lipinski definition) is 5. The van der Waals surface area contributed by atoms with Crippen molar-refractivity contribution in [2.75, 3.05) is 0 Å². The Morgan fingerprint density at radius 3 is 1.17 bits per heavy atom. The Bertz CT molecular complexity index is 4670. The Morgan fingerprint density at radius 1 is 0.360 bits per heavy atom. The monoisotopic (exact) mass is 1290 g/mol. The molecule has 0 saturated heterocycles. The first kappa shape index (κ1) is 57.0. The quantitative estimate of drug-likeness (QED) is 0.135. The maximum absolute atomic E-state index is 5.34. The van der Waals surface area contributed by atoms with Crippen LogP contribution in [0.25, 0.3) is 133 Å². The normalized spacial score (nSPS) is 11.8. The van der Waals surface area contributed by atoms with E-state index in [0.717, 1.165) is 145 Å². The number of benzene rings is 9. The Balaban J connectivity index is 0.00000362. The average molecular weight is 1290 g/mol. The SMILES string of the molecule is Cc1cn2c(C(C)(C)C)nc3cc(-c4ccccc4-c4cc(-c5ccccc5-c5c[c-]c(-c6cc(-c7ccc(-c8ccccc8)cc7)ccn6)cc5)cc(-c5ccccc5-c5c[c-]c6c(c5)nc(C(C)(C)C)n5cc(C)nc65)c4)c[c-]c3c2n1.[CH3-].[Ir]. The van der Waals surface area contributed by atoms with Crippen LogP contribution in [-0.4, -0.2) is 33.7 Å². The number of aryl methyl sites for hydroxylation is 2. The van der Waals surface area contributed by atoms with Gasteiger partial charge in [0.1, 0.15) is 11.6 Å². The number of aromatic nitrogens is 7. The van der Waals surface area contributed by atoms with Crippen LogP contribution in [0.2, 0.25) is 0 Å². The zero-order chi connectivity index (χ0) is 57.4. The van der Waals surface area contributed by atoms with Gasteiger partial charge in [-0.25, -0.2) is 0 Å². The maximum atomic E-state index is 5.34. The maximum Gasteiger partial charge on any atom is 0.101 e. The number of pyridine rings is 1. The van der Waals surface area contributed by atoms with Crippen molar-refractivity contribution in [2.24, 2.45) is 0 Å². The number of rotatable bonds is 9. The number of fused-ring (bicyclic) bond motifs is 6. The van der Waals surface area contributed by atoms with E-state index < -0.39 is 0 Å². The third kappa shape index (κ3) is 10.5. The summed E-state index contributed by atoms with van der Waals surface area (Å²) in [5.41, 5.74) is 24.2. The van der Waals surface area contributed by atoms with Gasteiger partial charge >= 0.3 is 0 Å². The molecule has 0 aliphatic rings. The molecular formula is C78H63IrN7-4. The second-order valence-electron chi connectivity index (χ2n) is 24.1. The minimum absolute atomic E-state index is 0. The fraction of sp³-hybridized carbons (Fsp3) is 0.128. The molecule has 0 aliphatic carbocycles. The molecule has 14 aromatic rings. The first-order valence-electron chi connectivity index (χ1n) is 28.7. The third-order valence-electron chi connectivity index (χ3n) is 15.9. The van der Waals surface area contributed by atoms with E-state index in [1.165, 1.54) is 11.1 Å². The van der Waals surface area contributed by atoms with E-state index in [4.69, 9.17) is 24.9 Å². The fourth-order valence-corrected chi connectivity index (χ4v) is 11.9. The van der Waals surface area contributed by atoms with Crippen molar-refractivity contribution < 1.29 is 20.1 Å². The van der Waals surface area contributed by atoms with Crippen LogP contribution in [0.15, 0.2) is 219 Å². The molecule has 9 aromatic carbocycles. The van der Waals surface area contributed by atoms with E-state index in [1.807, 2.05) is 26.1 Å². The zero-order valence-corrected chi connectivity index (χ0v) is 52.1. The molecule has 0 bridgehead atoms. The molecule has 5 heterocycles. The first-order valence-corrected chi connectivity index (χ1v) is 28.7. The van der Waals surface area contributed by atoms with Gasteiger partial charge in [-0.15, -0.1) is 66.2 Å². The fourth-order valence-electron chi connectivity index (χ4n) is 11.9. The Morgan fingerprint density at radius 2 is 0.744 bits per heavy atom. The van der Waals surface area contributed by atoms with Gasteiger partial charge in [0.25, 0.3) is 0 Å². The molecule has 0 atom stereocenters. The summed E-state index contributed by atoms with van der Waals surface area (Å²) in [7, 11) is 0. The van der Waals surface area contributed by atoms with Crippen molar-refractivity contribution in [3.63, 3.8) is 0 Å². The van der Waals surface area contributed by atoms with Crippen molar-refractivity contribution in [1.29, 1.82) is 0 Å². The van der Waals surface area contributed by atoms with E-state index in [-0.39, 0.29) is 38.4 Å². The van der Waals surface area contributed by atoms with E-state index in [9.17, 15) is 0 Å². The third-order valence-corrected chi connectivity index (χ3v) is 15.9. The van der Waals surface area contributed by atoms with Crippen LogP contribution in [0, 0.1) is 39.5 Å². The van der Waals surface area contributed by atoms with E-state index in [2.05, 4.69) is 275 Å². The van der Waals surface area contributed by atoms with E-state index in [0.29, 0.717) is 0 Å². The van der Waals surface area contributed by atoms with Crippen molar-refractivity contribution in [3.8, 4) is 100 Å². The van der Waals surface area contributed by atoms with Crippen LogP contribution in [0.4, 0.5) is 0 Å². The Kier molecular flexibility index (Phi) is 14.9. The zero-order valence-electron chi connectivity index (χ0n) is 49.7. The summed E-state index contributed by atoms with van der Waals surface area (Å²) < 4.78 is 4.27. The van der Waals surface area contributed by atoms with Gasteiger partial charge < -0.3 is 21.2 Å². The molecule has 1 radical (unpaired) electrons. The molecule has 0 aliphatic heterocycles. The molecule has 8 heteroatoms. The van der Waals surface area contributed by atoms with Gasteiger partial charge in [-0.1, -0.05) is 219 Å². The van der Waals surface area contributed by atoms with Crippen molar-refractivity contribution in [3.05, 3.63) is 267 Å². The summed E-state index contributed by atoms with van der Waals surface area (Å²) in [5, 5.41) is 1.80. The summed E-state index contributed by atoms with van der Waals surface area (Å²) in [6.45, 7) is 17.3. The second-order valence-corrected chi connectivity index (χ2v) is 24.1. The number of nitrogens with zero attached hydrogens (tertiary/aromatic N) is 7. The number of imidazole rings is 2. The van der Waals surface area contributed by atoms with Crippen LogP contribution in [-0.2, 0) is 30.9 Å². The molecule has 0 saturated carbocycles. The van der Waals surface area contributed by atoms with Crippen molar-refractivity contribution in [2.45, 2.75) is 66.2 Å². The summed E-state index contributed by atoms with van der Waals surface area (Å²) in [6.07, 6.45) is 6.05. The number of hydrogen-bond donors (Lipinski definition) is 0. The molecule has 86 heavy (non-hydrogen) atoms. The largest absolute Gasteiger partial charge is 0.358 e. The minimum Gasteiger partial charge on any atom is -0.358 e. The van der Waals surface area contributed by atoms with Crippen molar-refractivity contribution >= 4 is 33.1 Å². The van der Waals surface area contributed by atoms with Crippen LogP contribution < -0.4 is 0 Å². The molecule has 423 valence electrons. The summed E-state index contributed by atoms with van der Waals surface area (Å²) >= 11 is 0. The van der Waals surface area contributed by atoms with Crippen molar-refractivity contribution in [1.82, 2.24) is 33.7 Å². The summed E-state index contributed by atoms with van der Waals surface area (Å²) in [5.74, 6) is 1.91. The Hall–Kier alpha value is -9.46. The molecule has 0 spiro atoms. The predicted octanol–water partition coefficient (Wildman–Crippen LogP) is 19.5. The van der Waals surface area contributed by atoms with E-state index >= 15 is 0 Å². The molecule has 14 rings (SSSR count). The van der Waals surface area contributed by atoms with Gasteiger partial charge in [-0.05, 0) is 110 Å². The van der Waals surface area contributed by atoms with E-state index in [1.54, 1.807) is 0 Å². The molecule has 0 unspecified atom stereocenters. The molecule has 0 fully saturated rings. The van der Waals surface area contributed by atoms with Gasteiger partial charge in [0.05, 0.1) is 11.3 Å². The smallest absolute Gasteiger partial charge is 0.101 e.